The van der Waals surface area contributed by atoms with Gasteiger partial charge in [-0.15, -0.1) is 26.5 Å². The molecule has 4 aromatic carbocycles. The Labute approximate surface area is 713 Å². The lowest BCUT2D eigenvalue weighted by Gasteiger charge is -2.41. The van der Waals surface area contributed by atoms with Crippen molar-refractivity contribution in [1.29, 1.82) is 0 Å². The van der Waals surface area contributed by atoms with E-state index in [1.807, 2.05) is 90.8 Å². The lowest BCUT2D eigenvalue weighted by molar-refractivity contribution is -0.205. The van der Waals surface area contributed by atoms with Crippen molar-refractivity contribution in [2.75, 3.05) is 59.9 Å². The molecule has 0 saturated carbocycles. The van der Waals surface area contributed by atoms with Gasteiger partial charge in [0.1, 0.15) is 12.4 Å². The monoisotopic (exact) mass is 1710 g/mol. The van der Waals surface area contributed by atoms with Crippen LogP contribution in [0.1, 0.15) is 196 Å². The topological polar surface area (TPSA) is 457 Å². The number of ether oxygens (including phenoxy) is 3. The number of carboxylic acids is 1. The molecule has 4 aliphatic heterocycles. The maximum absolute atomic E-state index is 14.9. The molecule has 12 amide bonds. The number of aromatic nitrogens is 1. The molecule has 34 nitrogen and oxygen atoms in total. The number of imide groups is 3. The standard InChI is InChI=1S/C63H96N8O11S.C14H10N2O7.C10H7NO5/c1-14-41(8)57(53(80-12)36-54(75)71-30-19-23-49(71)58(81-13)42(9)50(72)34-46(60-66-29-31-83-60)32-43-20-16-15-17-21-43)69(10)61(77)48(38(2)3)35-52(74)56(40(6)7)70(11)63(79)82-37-44-24-26-47(27-25-44)68-59(76)45(22-18-28-67-62(65)78)33-51(73)55(64)39(4)5;17-10-5-6-11(18)15(10)23-12(19)7-22-16-13(20)8-3-1-2-4-9(8)14(16)21;12-8(13)5-16-11-9(14)6-3-1-2-4-7(6)10(11)15/h15-17,20-21,24-27,29,31,38-42,45-46,48-49,53,55-58H,14,18-19,22-23,28,30,32-37,64H2,1-13H3,(H,68,76)(H3,65,67,78);1-4H,5-7H2;1-4H,5H2,(H,12,13)/t41-,42-,45+,46+,48-,49-,53+,55-,56-,57-,58+;;/m0../s1. The molecule has 2 fully saturated rings. The van der Waals surface area contributed by atoms with Gasteiger partial charge in [0, 0.05) is 114 Å². The number of Topliss-reactive ketones (excluding diaryl/α,β-unsaturated/α-hetero) is 3. The van der Waals surface area contributed by atoms with Crippen LogP contribution in [0.3, 0.4) is 0 Å². The fourth-order valence-corrected chi connectivity index (χ4v) is 15.9. The Kier molecular flexibility index (Phi) is 37.3. The predicted octanol–water partition coefficient (Wildman–Crippen LogP) is 8.94. The van der Waals surface area contributed by atoms with Gasteiger partial charge >= 0.3 is 24.1 Å². The number of nitrogens with one attached hydrogen (secondary N) is 2. The quantitative estimate of drug-likeness (QED) is 0.0180. The predicted molar refractivity (Wildman–Crippen MR) is 444 cm³/mol. The molecular weight excluding hydrogens is 1600 g/mol. The summed E-state index contributed by atoms with van der Waals surface area (Å²) in [5.41, 5.74) is 14.2. The number of carboxylic acid groups (broad SMARTS) is 1. The number of amides is 12. The van der Waals surface area contributed by atoms with Crippen LogP contribution in [0, 0.1) is 41.4 Å². The number of primary amides is 1. The van der Waals surface area contributed by atoms with Crippen molar-refractivity contribution in [3.8, 4) is 0 Å². The van der Waals surface area contributed by atoms with Gasteiger partial charge in [0.05, 0.1) is 70.1 Å². The first-order valence-electron chi connectivity index (χ1n) is 40.7. The van der Waals surface area contributed by atoms with Crippen LogP contribution in [0.2, 0.25) is 0 Å². The maximum Gasteiger partial charge on any atom is 0.410 e. The summed E-state index contributed by atoms with van der Waals surface area (Å²) in [5.74, 6) is -10.5. The molecule has 5 heterocycles. The van der Waals surface area contributed by atoms with Crippen molar-refractivity contribution in [2.24, 2.45) is 52.9 Å². The number of benzene rings is 4. The molecule has 4 aliphatic rings. The minimum Gasteiger partial charge on any atom is -0.479 e. The summed E-state index contributed by atoms with van der Waals surface area (Å²) in [4.78, 5) is 224. The maximum atomic E-state index is 14.9. The van der Waals surface area contributed by atoms with Crippen molar-refractivity contribution in [2.45, 2.75) is 188 Å². The lowest BCUT2D eigenvalue weighted by Crippen LogP contribution is -2.54. The van der Waals surface area contributed by atoms with Gasteiger partial charge in [-0.25, -0.2) is 24.2 Å². The van der Waals surface area contributed by atoms with E-state index >= 15 is 0 Å². The number of fused-ring (bicyclic) bond motifs is 2. The number of nitrogens with two attached hydrogens (primary N) is 2. The molecule has 0 aliphatic carbocycles. The first-order valence-corrected chi connectivity index (χ1v) is 41.5. The number of hydrogen-bond acceptors (Lipinski definition) is 25. The van der Waals surface area contributed by atoms with Crippen LogP contribution in [0.5, 0.6) is 0 Å². The van der Waals surface area contributed by atoms with Gasteiger partial charge in [-0.2, -0.15) is 0 Å². The SMILES string of the molecule is CC[C@H](C)[C@@H]([C@@H](CC(=O)N1CCC[C@H]1[C@H](OC)[C@@H](C)C(=O)C[C@@H](Cc1ccccc1)c1nccs1)OC)N(C)C(=O)[C@@H](CC(=O)[C@H](C(C)C)N(C)C(=O)OCc1ccc(NC(=O)[C@H](CCCNC(N)=O)CC(=O)[C@@H](N)C(C)C)cc1)C(C)C.O=C(CON1C(=O)c2ccccc2C1=O)ON1C(=O)CCC1=O.O=C(O)CON1C(=O)c2ccccc2C1=O. The third kappa shape index (κ3) is 26.3. The molecule has 0 unspecified atom stereocenters. The van der Waals surface area contributed by atoms with E-state index < -0.39 is 121 Å². The Bertz CT molecular complexity index is 4440. The van der Waals surface area contributed by atoms with Crippen molar-refractivity contribution >= 4 is 112 Å². The smallest absolute Gasteiger partial charge is 0.410 e. The molecule has 7 N–H and O–H groups in total. The van der Waals surface area contributed by atoms with Crippen LogP contribution in [0.4, 0.5) is 15.3 Å². The number of hydroxylamine groups is 6. The van der Waals surface area contributed by atoms with Gasteiger partial charge < -0.3 is 61.0 Å². The largest absolute Gasteiger partial charge is 0.479 e. The summed E-state index contributed by atoms with van der Waals surface area (Å²) in [5, 5.41) is 17.9. The average Bonchev–Trinajstić information content (AvgIpc) is 1.63. The number of aliphatic carboxylic acids is 1. The number of rotatable bonds is 42. The number of likely N-dealkylation sites (tertiary alicyclic amines) is 1. The number of likely N-dealkylation sites (N-methyl/N-ethyl adjacent to an activating group) is 2. The zero-order chi connectivity index (χ0) is 89.9. The summed E-state index contributed by atoms with van der Waals surface area (Å²) in [6.45, 7) is 16.1. The zero-order valence-electron chi connectivity index (χ0n) is 71.2. The van der Waals surface area contributed by atoms with E-state index in [0.717, 1.165) is 17.0 Å². The molecule has 11 atom stereocenters. The Hall–Kier alpha value is -11.4. The van der Waals surface area contributed by atoms with Gasteiger partial charge in [-0.05, 0) is 103 Å². The van der Waals surface area contributed by atoms with Crippen LogP contribution in [0.15, 0.2) is 115 Å². The van der Waals surface area contributed by atoms with Gasteiger partial charge in [0.15, 0.2) is 24.8 Å². The molecule has 5 aromatic rings. The Morgan fingerprint density at radius 3 is 1.71 bits per heavy atom. The minimum atomic E-state index is -1.25. The van der Waals surface area contributed by atoms with Gasteiger partial charge in [-0.1, -0.05) is 135 Å². The summed E-state index contributed by atoms with van der Waals surface area (Å²) in [7, 11) is 6.36. The summed E-state index contributed by atoms with van der Waals surface area (Å²) < 4.78 is 18.0. The van der Waals surface area contributed by atoms with Crippen molar-refractivity contribution in [3.63, 3.8) is 0 Å². The third-order valence-electron chi connectivity index (χ3n) is 22.0. The molecule has 122 heavy (non-hydrogen) atoms. The molecule has 2 saturated heterocycles. The van der Waals surface area contributed by atoms with Crippen LogP contribution in [-0.2, 0) is 89.7 Å². The van der Waals surface area contributed by atoms with E-state index in [0.29, 0.717) is 65.1 Å². The molecule has 0 bridgehead atoms. The second-order valence-electron chi connectivity index (χ2n) is 31.5. The summed E-state index contributed by atoms with van der Waals surface area (Å²) >= 11 is 1.54. The Balaban J connectivity index is 0.000000419. The highest BCUT2D eigenvalue weighted by Gasteiger charge is 2.46. The zero-order valence-corrected chi connectivity index (χ0v) is 72.0. The molecular formula is C87H113N11O23S. The number of urea groups is 1. The number of ketones is 3. The van der Waals surface area contributed by atoms with Crippen LogP contribution in [0.25, 0.3) is 0 Å². The van der Waals surface area contributed by atoms with Crippen LogP contribution in [-0.4, -0.2) is 226 Å². The van der Waals surface area contributed by atoms with Gasteiger partial charge in [0.25, 0.3) is 35.4 Å². The summed E-state index contributed by atoms with van der Waals surface area (Å²) in [6, 6.07) is 25.8. The highest BCUT2D eigenvalue weighted by atomic mass is 32.1. The Morgan fingerprint density at radius 1 is 0.648 bits per heavy atom. The van der Waals surface area contributed by atoms with E-state index in [1.54, 1.807) is 92.2 Å². The molecule has 9 rings (SSSR count). The number of carbonyl (C=O) groups is 16. The number of hydrogen-bond donors (Lipinski definition) is 5. The fraction of sp³-hybridized carbons (Fsp3) is 0.506. The number of nitrogens with zero attached hydrogens (tertiary/aromatic N) is 7. The lowest BCUT2D eigenvalue weighted by atomic mass is 9.83. The second kappa shape index (κ2) is 46.6. The van der Waals surface area contributed by atoms with E-state index in [1.165, 1.54) is 36.2 Å². The molecule has 0 radical (unpaired) electrons. The first kappa shape index (κ1) is 97.7. The van der Waals surface area contributed by atoms with E-state index in [9.17, 15) is 76.7 Å². The van der Waals surface area contributed by atoms with Crippen molar-refractivity contribution in [1.82, 2.24) is 40.2 Å². The van der Waals surface area contributed by atoms with E-state index in [2.05, 4.69) is 37.4 Å². The number of thiazole rings is 1. The van der Waals surface area contributed by atoms with Crippen LogP contribution < -0.4 is 22.1 Å². The fourth-order valence-electron chi connectivity index (χ4n) is 15.1. The molecule has 0 spiro atoms. The minimum absolute atomic E-state index is 0.0197. The van der Waals surface area contributed by atoms with Crippen molar-refractivity contribution in [3.05, 3.63) is 153 Å². The summed E-state index contributed by atoms with van der Waals surface area (Å²) in [6.07, 6.45) is 3.24. The van der Waals surface area contributed by atoms with Crippen LogP contribution >= 0.6 is 11.3 Å². The highest BCUT2D eigenvalue weighted by molar-refractivity contribution is 7.09. The first-order chi connectivity index (χ1) is 57.9. The van der Waals surface area contributed by atoms with E-state index in [-0.39, 0.29) is 145 Å². The van der Waals surface area contributed by atoms with Gasteiger partial charge in [-0.3, -0.25) is 67.2 Å². The molecule has 660 valence electrons. The van der Waals surface area contributed by atoms with Crippen molar-refractivity contribution < 1.29 is 111 Å². The average molecular weight is 1710 g/mol. The van der Waals surface area contributed by atoms with Gasteiger partial charge in [0.2, 0.25) is 17.7 Å². The number of methoxy groups -OCH3 is 2. The molecule has 1 aromatic heterocycles. The Morgan fingerprint density at radius 2 is 1.21 bits per heavy atom. The highest BCUT2D eigenvalue weighted by Crippen LogP contribution is 2.35. The number of carbonyl (C=O) groups excluding carboxylic acids is 15. The normalized spacial score (nSPS) is 16.7. The molecule has 35 heteroatoms. The number of anilines is 1. The second-order valence-corrected chi connectivity index (χ2v) is 32.5. The third-order valence-corrected chi connectivity index (χ3v) is 22.9. The van der Waals surface area contributed by atoms with E-state index in [4.69, 9.17) is 35.6 Å².